The zero-order valence-electron chi connectivity index (χ0n) is 11.3. The maximum Gasteiger partial charge on any atom is 0.0681 e. The van der Waals surface area contributed by atoms with Gasteiger partial charge < -0.3 is 10.4 Å². The van der Waals surface area contributed by atoms with E-state index in [0.717, 1.165) is 24.9 Å². The molecule has 1 atom stereocenters. The number of benzene rings is 2. The number of hydrogen-bond donors (Lipinski definition) is 2. The summed E-state index contributed by atoms with van der Waals surface area (Å²) in [6.45, 7) is 0.942. The van der Waals surface area contributed by atoms with Crippen LogP contribution in [0.15, 0.2) is 46.9 Å². The van der Waals surface area contributed by atoms with Gasteiger partial charge in [-0.15, -0.1) is 0 Å². The number of rotatable bonds is 4. The van der Waals surface area contributed by atoms with Gasteiger partial charge in [-0.3, -0.25) is 0 Å². The van der Waals surface area contributed by atoms with Crippen molar-refractivity contribution in [3.05, 3.63) is 69.2 Å². The standard InChI is InChI=1S/C17H18BrNO/c18-16-6-2-5-15-14(16)7-8-17(15)19-10-12-3-1-4-13(9-12)11-20/h1-6,9,17,19-20H,7-8,10-11H2. The highest BCUT2D eigenvalue weighted by molar-refractivity contribution is 9.10. The summed E-state index contributed by atoms with van der Waals surface area (Å²) in [7, 11) is 0. The van der Waals surface area contributed by atoms with Crippen LogP contribution in [0.4, 0.5) is 0 Å². The summed E-state index contributed by atoms with van der Waals surface area (Å²) < 4.78 is 1.22. The number of aliphatic hydroxyl groups is 1. The maximum atomic E-state index is 9.18. The van der Waals surface area contributed by atoms with E-state index in [9.17, 15) is 5.11 Å². The average Bonchev–Trinajstić information content (AvgIpc) is 2.90. The van der Waals surface area contributed by atoms with Gasteiger partial charge >= 0.3 is 0 Å². The van der Waals surface area contributed by atoms with Gasteiger partial charge in [0.25, 0.3) is 0 Å². The molecular formula is C17H18BrNO. The van der Waals surface area contributed by atoms with E-state index >= 15 is 0 Å². The number of aliphatic hydroxyl groups excluding tert-OH is 1. The predicted octanol–water partition coefficient (Wildman–Crippen LogP) is 3.72. The van der Waals surface area contributed by atoms with Gasteiger partial charge in [-0.05, 0) is 41.2 Å². The lowest BCUT2D eigenvalue weighted by molar-refractivity contribution is 0.281. The van der Waals surface area contributed by atoms with Crippen molar-refractivity contribution < 1.29 is 5.11 Å². The molecule has 0 radical (unpaired) electrons. The third-order valence-corrected chi connectivity index (χ3v) is 4.68. The molecule has 1 aliphatic carbocycles. The molecule has 0 saturated heterocycles. The van der Waals surface area contributed by atoms with Crippen LogP contribution in [0.25, 0.3) is 0 Å². The monoisotopic (exact) mass is 331 g/mol. The fraction of sp³-hybridized carbons (Fsp3) is 0.294. The van der Waals surface area contributed by atoms with E-state index in [4.69, 9.17) is 0 Å². The molecule has 104 valence electrons. The predicted molar refractivity (Wildman–Crippen MR) is 84.4 cm³/mol. The molecule has 0 amide bonds. The van der Waals surface area contributed by atoms with Crippen LogP contribution in [-0.4, -0.2) is 5.11 Å². The quantitative estimate of drug-likeness (QED) is 0.894. The average molecular weight is 332 g/mol. The van der Waals surface area contributed by atoms with E-state index in [2.05, 4.69) is 51.6 Å². The van der Waals surface area contributed by atoms with E-state index in [0.29, 0.717) is 6.04 Å². The van der Waals surface area contributed by atoms with Gasteiger partial charge in [0.05, 0.1) is 6.61 Å². The summed E-state index contributed by atoms with van der Waals surface area (Å²) in [5, 5.41) is 12.8. The Bertz CT molecular complexity index is 612. The third kappa shape index (κ3) is 2.80. The van der Waals surface area contributed by atoms with Crippen molar-refractivity contribution in [1.29, 1.82) is 0 Å². The second kappa shape index (κ2) is 6.08. The smallest absolute Gasteiger partial charge is 0.0681 e. The summed E-state index contributed by atoms with van der Waals surface area (Å²) in [4.78, 5) is 0. The number of hydrogen-bond acceptors (Lipinski definition) is 2. The number of halogens is 1. The molecule has 0 aliphatic heterocycles. The SMILES string of the molecule is OCc1cccc(CNC2CCc3c(Br)cccc32)c1. The zero-order chi connectivity index (χ0) is 13.9. The van der Waals surface area contributed by atoms with Gasteiger partial charge in [-0.2, -0.15) is 0 Å². The molecule has 0 fully saturated rings. The van der Waals surface area contributed by atoms with E-state index in [-0.39, 0.29) is 6.61 Å². The van der Waals surface area contributed by atoms with E-state index in [1.807, 2.05) is 12.1 Å². The van der Waals surface area contributed by atoms with Gasteiger partial charge in [0.2, 0.25) is 0 Å². The van der Waals surface area contributed by atoms with Gasteiger partial charge in [-0.1, -0.05) is 52.3 Å². The highest BCUT2D eigenvalue weighted by Crippen LogP contribution is 2.35. The van der Waals surface area contributed by atoms with Crippen LogP contribution in [0.1, 0.15) is 34.7 Å². The fourth-order valence-corrected chi connectivity index (χ4v) is 3.48. The first kappa shape index (κ1) is 13.8. The van der Waals surface area contributed by atoms with E-state index in [1.54, 1.807) is 0 Å². The minimum Gasteiger partial charge on any atom is -0.392 e. The molecule has 0 aromatic heterocycles. The first-order valence-corrected chi connectivity index (χ1v) is 7.76. The molecule has 2 aromatic rings. The minimum absolute atomic E-state index is 0.104. The lowest BCUT2D eigenvalue weighted by Crippen LogP contribution is -2.18. The molecule has 3 heteroatoms. The van der Waals surface area contributed by atoms with Gasteiger partial charge in [0.15, 0.2) is 0 Å². The summed E-state index contributed by atoms with van der Waals surface area (Å²) >= 11 is 3.63. The molecular weight excluding hydrogens is 314 g/mol. The Morgan fingerprint density at radius 2 is 1.95 bits per heavy atom. The molecule has 1 aliphatic rings. The largest absolute Gasteiger partial charge is 0.392 e. The second-order valence-corrected chi connectivity index (χ2v) is 6.11. The zero-order valence-corrected chi connectivity index (χ0v) is 12.9. The van der Waals surface area contributed by atoms with Crippen LogP contribution in [0, 0.1) is 0 Å². The maximum absolute atomic E-state index is 9.18. The Labute approximate surface area is 128 Å². The van der Waals surface area contributed by atoms with Crippen molar-refractivity contribution in [2.75, 3.05) is 0 Å². The van der Waals surface area contributed by atoms with Crippen LogP contribution in [0.2, 0.25) is 0 Å². The van der Waals surface area contributed by atoms with Crippen LogP contribution in [0.3, 0.4) is 0 Å². The Balaban J connectivity index is 1.70. The van der Waals surface area contributed by atoms with Crippen molar-refractivity contribution in [1.82, 2.24) is 5.32 Å². The Hall–Kier alpha value is -1.16. The van der Waals surface area contributed by atoms with Crippen molar-refractivity contribution in [2.45, 2.75) is 32.0 Å². The lowest BCUT2D eigenvalue weighted by atomic mass is 10.1. The third-order valence-electron chi connectivity index (χ3n) is 3.94. The molecule has 3 rings (SSSR count). The Morgan fingerprint density at radius 3 is 2.80 bits per heavy atom. The van der Waals surface area contributed by atoms with Crippen molar-refractivity contribution in [2.24, 2.45) is 0 Å². The van der Waals surface area contributed by atoms with Crippen LogP contribution in [-0.2, 0) is 19.6 Å². The highest BCUT2D eigenvalue weighted by atomic mass is 79.9. The molecule has 0 saturated carbocycles. The molecule has 2 nitrogen and oxygen atoms in total. The Kier molecular flexibility index (Phi) is 4.20. The van der Waals surface area contributed by atoms with Crippen LogP contribution >= 0.6 is 15.9 Å². The topological polar surface area (TPSA) is 32.3 Å². The van der Waals surface area contributed by atoms with Crippen molar-refractivity contribution >= 4 is 15.9 Å². The lowest BCUT2D eigenvalue weighted by Gasteiger charge is -2.14. The van der Waals surface area contributed by atoms with Gasteiger partial charge in [-0.25, -0.2) is 0 Å². The summed E-state index contributed by atoms with van der Waals surface area (Å²) in [5.41, 5.74) is 5.05. The van der Waals surface area contributed by atoms with Crippen LogP contribution < -0.4 is 5.32 Å². The van der Waals surface area contributed by atoms with E-state index in [1.165, 1.54) is 21.2 Å². The second-order valence-electron chi connectivity index (χ2n) is 5.26. The number of fused-ring (bicyclic) bond motifs is 1. The highest BCUT2D eigenvalue weighted by Gasteiger charge is 2.23. The molecule has 1 unspecified atom stereocenters. The normalized spacial score (nSPS) is 17.2. The number of nitrogens with one attached hydrogen (secondary N) is 1. The summed E-state index contributed by atoms with van der Waals surface area (Å²) in [5.74, 6) is 0. The van der Waals surface area contributed by atoms with Crippen LogP contribution in [0.5, 0.6) is 0 Å². The summed E-state index contributed by atoms with van der Waals surface area (Å²) in [6, 6.07) is 15.0. The molecule has 2 aromatic carbocycles. The molecule has 2 N–H and O–H groups in total. The minimum atomic E-state index is 0.104. The summed E-state index contributed by atoms with van der Waals surface area (Å²) in [6.07, 6.45) is 2.28. The first-order valence-electron chi connectivity index (χ1n) is 6.97. The Morgan fingerprint density at radius 1 is 1.15 bits per heavy atom. The van der Waals surface area contributed by atoms with E-state index < -0.39 is 0 Å². The van der Waals surface area contributed by atoms with Crippen molar-refractivity contribution in [3.63, 3.8) is 0 Å². The molecule has 0 bridgehead atoms. The molecule has 0 heterocycles. The first-order chi connectivity index (χ1) is 9.78. The molecule has 0 spiro atoms. The van der Waals surface area contributed by atoms with Gasteiger partial charge in [0.1, 0.15) is 0 Å². The van der Waals surface area contributed by atoms with Crippen molar-refractivity contribution in [3.8, 4) is 0 Å². The van der Waals surface area contributed by atoms with Gasteiger partial charge in [0, 0.05) is 17.1 Å². The molecule has 20 heavy (non-hydrogen) atoms. The fourth-order valence-electron chi connectivity index (χ4n) is 2.90.